The summed E-state index contributed by atoms with van der Waals surface area (Å²) in [5.74, 6) is -0.0237. The van der Waals surface area contributed by atoms with Crippen LogP contribution in [0, 0.1) is 0 Å². The molecule has 1 aliphatic rings. The summed E-state index contributed by atoms with van der Waals surface area (Å²) in [4.78, 5) is 31.5. The number of nitrogens with one attached hydrogen (secondary N) is 3. The van der Waals surface area contributed by atoms with Gasteiger partial charge in [-0.25, -0.2) is 0 Å². The van der Waals surface area contributed by atoms with Crippen molar-refractivity contribution in [2.24, 2.45) is 0 Å². The number of hydrogen-bond acceptors (Lipinski definition) is 6. The van der Waals surface area contributed by atoms with Crippen molar-refractivity contribution in [3.8, 4) is 0 Å². The van der Waals surface area contributed by atoms with Gasteiger partial charge in [0.15, 0.2) is 5.82 Å². The molecule has 0 radical (unpaired) electrons. The first-order chi connectivity index (χ1) is 17.0. The lowest BCUT2D eigenvalue weighted by Crippen LogP contribution is -2.44. The molecule has 1 atom stereocenters. The van der Waals surface area contributed by atoms with Crippen molar-refractivity contribution in [3.05, 3.63) is 76.0 Å². The molecule has 35 heavy (non-hydrogen) atoms. The molecular weight excluding hydrogens is 460 g/mol. The van der Waals surface area contributed by atoms with E-state index in [0.29, 0.717) is 22.3 Å². The van der Waals surface area contributed by atoms with Gasteiger partial charge in [0.1, 0.15) is 0 Å². The molecule has 0 spiro atoms. The molecule has 1 fully saturated rings. The van der Waals surface area contributed by atoms with E-state index in [9.17, 15) is 9.59 Å². The van der Waals surface area contributed by atoms with Crippen LogP contribution < -0.4 is 15.5 Å². The van der Waals surface area contributed by atoms with E-state index in [0.717, 1.165) is 42.3 Å². The topological polar surface area (TPSA) is 93.4 Å². The van der Waals surface area contributed by atoms with Crippen LogP contribution in [0.3, 0.4) is 0 Å². The first-order valence-corrected chi connectivity index (χ1v) is 12.5. The van der Waals surface area contributed by atoms with Crippen LogP contribution in [0.15, 0.2) is 60.0 Å². The Morgan fingerprint density at radius 1 is 1.00 bits per heavy atom. The fourth-order valence-corrected chi connectivity index (χ4v) is 4.94. The molecule has 0 aliphatic carbocycles. The number of hydrogen-bond donors (Lipinski definition) is 3. The summed E-state index contributed by atoms with van der Waals surface area (Å²) < 4.78 is 0. The van der Waals surface area contributed by atoms with Gasteiger partial charge in [-0.2, -0.15) is 5.10 Å². The maximum absolute atomic E-state index is 12.9. The lowest BCUT2D eigenvalue weighted by molar-refractivity contribution is 0.0940. The molecule has 1 aliphatic heterocycles. The average Bonchev–Trinajstić information content (AvgIpc) is 3.55. The Bertz CT molecular complexity index is 1320. The van der Waals surface area contributed by atoms with E-state index in [1.54, 1.807) is 29.5 Å². The molecule has 4 aromatic rings. The van der Waals surface area contributed by atoms with Crippen LogP contribution in [0.2, 0.25) is 0 Å². The molecule has 0 saturated carbocycles. The van der Waals surface area contributed by atoms with Crippen molar-refractivity contribution >= 4 is 45.6 Å². The number of carbonyl (C=O) groups excluding carboxylic acids is 2. The highest BCUT2D eigenvalue weighted by molar-refractivity contribution is 7.10. The van der Waals surface area contributed by atoms with E-state index in [1.165, 1.54) is 0 Å². The van der Waals surface area contributed by atoms with E-state index in [2.05, 4.69) is 37.7 Å². The second kappa shape index (κ2) is 9.89. The van der Waals surface area contributed by atoms with Gasteiger partial charge in [0.05, 0.1) is 11.6 Å². The fourth-order valence-electron chi connectivity index (χ4n) is 4.21. The summed E-state index contributed by atoms with van der Waals surface area (Å²) in [7, 11) is 2.13. The molecular formula is C26H28N6O2S. The van der Waals surface area contributed by atoms with Crippen molar-refractivity contribution in [1.29, 1.82) is 0 Å². The van der Waals surface area contributed by atoms with Gasteiger partial charge in [-0.3, -0.25) is 14.7 Å². The summed E-state index contributed by atoms with van der Waals surface area (Å²) in [6.45, 7) is 5.97. The van der Waals surface area contributed by atoms with E-state index in [4.69, 9.17) is 0 Å². The van der Waals surface area contributed by atoms with Gasteiger partial charge in [0.25, 0.3) is 11.8 Å². The van der Waals surface area contributed by atoms with Crippen LogP contribution in [0.4, 0.5) is 11.5 Å². The van der Waals surface area contributed by atoms with Gasteiger partial charge >= 0.3 is 0 Å². The van der Waals surface area contributed by atoms with Crippen LogP contribution in [-0.4, -0.2) is 60.1 Å². The van der Waals surface area contributed by atoms with Crippen LogP contribution in [-0.2, 0) is 0 Å². The van der Waals surface area contributed by atoms with Gasteiger partial charge in [-0.15, -0.1) is 11.3 Å². The molecule has 8 nitrogen and oxygen atoms in total. The number of amides is 2. The van der Waals surface area contributed by atoms with Crippen molar-refractivity contribution in [2.45, 2.75) is 13.0 Å². The second-order valence-corrected chi connectivity index (χ2v) is 9.81. The third kappa shape index (κ3) is 5.06. The van der Waals surface area contributed by atoms with E-state index in [-0.39, 0.29) is 17.9 Å². The summed E-state index contributed by atoms with van der Waals surface area (Å²) in [5, 5.41) is 15.8. The lowest BCUT2D eigenvalue weighted by Gasteiger charge is -2.34. The Morgan fingerprint density at radius 3 is 2.46 bits per heavy atom. The number of fused-ring (bicyclic) bond motifs is 1. The number of carbonyl (C=O) groups is 2. The molecule has 0 bridgehead atoms. The number of thiophene rings is 1. The van der Waals surface area contributed by atoms with Gasteiger partial charge in [0.2, 0.25) is 0 Å². The molecule has 2 aromatic carbocycles. The Balaban J connectivity index is 1.28. The Labute approximate surface area is 207 Å². The van der Waals surface area contributed by atoms with Gasteiger partial charge < -0.3 is 20.4 Å². The van der Waals surface area contributed by atoms with Crippen LogP contribution in [0.1, 0.15) is 38.6 Å². The molecule has 180 valence electrons. The smallest absolute Gasteiger partial charge is 0.256 e. The summed E-state index contributed by atoms with van der Waals surface area (Å²) >= 11 is 1.61. The van der Waals surface area contributed by atoms with E-state index < -0.39 is 0 Å². The molecule has 9 heteroatoms. The number of rotatable bonds is 6. The normalized spacial score (nSPS) is 15.2. The number of likely N-dealkylation sites (N-methyl/N-ethyl adjacent to an activating group) is 1. The SMILES string of the molecule is CC(NC(=O)c1ccc2[nH]nc(NC(=O)c3ccc(N4CCN(C)CC4)cc3)c2c1)c1cccs1. The Kier molecular flexibility index (Phi) is 6.52. The summed E-state index contributed by atoms with van der Waals surface area (Å²) in [6.07, 6.45) is 0. The van der Waals surface area contributed by atoms with E-state index in [1.807, 2.05) is 48.7 Å². The number of nitrogens with zero attached hydrogens (tertiary/aromatic N) is 3. The maximum atomic E-state index is 12.9. The van der Waals surface area contributed by atoms with Crippen molar-refractivity contribution in [3.63, 3.8) is 0 Å². The zero-order chi connectivity index (χ0) is 24.4. The maximum Gasteiger partial charge on any atom is 0.256 e. The molecule has 2 amide bonds. The molecule has 1 saturated heterocycles. The predicted octanol–water partition coefficient (Wildman–Crippen LogP) is 4.12. The monoisotopic (exact) mass is 488 g/mol. The average molecular weight is 489 g/mol. The first kappa shape index (κ1) is 23.1. The molecule has 2 aromatic heterocycles. The molecule has 1 unspecified atom stereocenters. The van der Waals surface area contributed by atoms with Gasteiger partial charge in [-0.1, -0.05) is 6.07 Å². The highest BCUT2D eigenvalue weighted by Crippen LogP contribution is 2.24. The standard InChI is InChI=1S/C26H28N6O2S/c1-17(23-4-3-15-35-23)27-26(34)19-7-10-22-21(16-19)24(30-29-22)28-25(33)18-5-8-20(9-6-18)32-13-11-31(2)12-14-32/h3-10,15-17H,11-14H2,1-2H3,(H,27,34)(H2,28,29,30,33). The number of aromatic amines is 1. The zero-order valence-corrected chi connectivity index (χ0v) is 20.6. The molecule has 3 N–H and O–H groups in total. The highest BCUT2D eigenvalue weighted by atomic mass is 32.1. The van der Waals surface area contributed by atoms with E-state index >= 15 is 0 Å². The number of benzene rings is 2. The fraction of sp³-hybridized carbons (Fsp3) is 0.269. The minimum Gasteiger partial charge on any atom is -0.369 e. The third-order valence-electron chi connectivity index (χ3n) is 6.37. The highest BCUT2D eigenvalue weighted by Gasteiger charge is 2.17. The molecule has 3 heterocycles. The van der Waals surface area contributed by atoms with Crippen LogP contribution in [0.25, 0.3) is 10.9 Å². The number of anilines is 2. The minimum absolute atomic E-state index is 0.0875. The number of H-pyrrole nitrogens is 1. The summed E-state index contributed by atoms with van der Waals surface area (Å²) in [6, 6.07) is 16.8. The summed E-state index contributed by atoms with van der Waals surface area (Å²) in [5.41, 5.74) is 2.92. The first-order valence-electron chi connectivity index (χ1n) is 11.7. The van der Waals surface area contributed by atoms with Gasteiger partial charge in [0, 0.05) is 53.3 Å². The zero-order valence-electron chi connectivity index (χ0n) is 19.7. The number of aromatic nitrogens is 2. The predicted molar refractivity (Wildman–Crippen MR) is 140 cm³/mol. The lowest BCUT2D eigenvalue weighted by atomic mass is 10.1. The quantitative estimate of drug-likeness (QED) is 0.380. The van der Waals surface area contributed by atoms with Gasteiger partial charge in [-0.05, 0) is 67.9 Å². The minimum atomic E-state index is -0.246. The van der Waals surface area contributed by atoms with Crippen LogP contribution >= 0.6 is 11.3 Å². The Morgan fingerprint density at radius 2 is 1.74 bits per heavy atom. The van der Waals surface area contributed by atoms with Crippen molar-refractivity contribution < 1.29 is 9.59 Å². The van der Waals surface area contributed by atoms with Crippen molar-refractivity contribution in [1.82, 2.24) is 20.4 Å². The number of piperazine rings is 1. The van der Waals surface area contributed by atoms with Crippen molar-refractivity contribution in [2.75, 3.05) is 43.4 Å². The van der Waals surface area contributed by atoms with Crippen LogP contribution in [0.5, 0.6) is 0 Å². The Hall–Kier alpha value is -3.69. The largest absolute Gasteiger partial charge is 0.369 e. The third-order valence-corrected chi connectivity index (χ3v) is 7.43. The second-order valence-electron chi connectivity index (χ2n) is 8.83. The molecule has 5 rings (SSSR count).